The van der Waals surface area contributed by atoms with Crippen LogP contribution in [-0.4, -0.2) is 21.4 Å². The largest absolute Gasteiger partial charge is 0.380 e. The van der Waals surface area contributed by atoms with Crippen LogP contribution >= 0.6 is 22.7 Å². The lowest BCUT2D eigenvalue weighted by atomic mass is 10.4. The van der Waals surface area contributed by atoms with Gasteiger partial charge in [0.05, 0.1) is 9.88 Å². The van der Waals surface area contributed by atoms with Gasteiger partial charge in [-0.15, -0.1) is 22.7 Å². The number of rotatable bonds is 2. The van der Waals surface area contributed by atoms with Gasteiger partial charge in [0.15, 0.2) is 6.29 Å². The summed E-state index contributed by atoms with van der Waals surface area (Å²) in [5.41, 5.74) is 0. The summed E-state index contributed by atoms with van der Waals surface area (Å²) in [7, 11) is 0.598. The molecular weight excluding hydrogens is 278 g/mol. The molecular formula is C13H13NOS2Si. The lowest BCUT2D eigenvalue weighted by molar-refractivity contribution is 0.112. The van der Waals surface area contributed by atoms with Crippen LogP contribution in [0.2, 0.25) is 12.1 Å². The lowest BCUT2D eigenvalue weighted by Gasteiger charge is -2.37. The van der Waals surface area contributed by atoms with Gasteiger partial charge in [0, 0.05) is 16.8 Å². The molecule has 5 heteroatoms. The SMILES string of the molecule is CNc1cc2c(s1)-c1sc(C=O)cc1[Si]21CCC1. The molecule has 2 aromatic rings. The molecule has 1 spiro atoms. The van der Waals surface area contributed by atoms with Crippen molar-refractivity contribution in [3.05, 3.63) is 17.0 Å². The van der Waals surface area contributed by atoms with Gasteiger partial charge in [0.1, 0.15) is 8.07 Å². The van der Waals surface area contributed by atoms with E-state index >= 15 is 0 Å². The van der Waals surface area contributed by atoms with Crippen LogP contribution in [0, 0.1) is 0 Å². The Balaban J connectivity index is 1.99. The van der Waals surface area contributed by atoms with Crippen molar-refractivity contribution in [2.45, 2.75) is 18.5 Å². The molecule has 1 N–H and O–H groups in total. The topological polar surface area (TPSA) is 29.1 Å². The molecule has 1 saturated heterocycles. The predicted molar refractivity (Wildman–Crippen MR) is 81.8 cm³/mol. The van der Waals surface area contributed by atoms with Gasteiger partial charge >= 0.3 is 0 Å². The van der Waals surface area contributed by atoms with Crippen LogP contribution in [0.1, 0.15) is 16.1 Å². The van der Waals surface area contributed by atoms with Gasteiger partial charge in [-0.05, 0) is 34.6 Å². The molecule has 4 rings (SSSR count). The van der Waals surface area contributed by atoms with E-state index < -0.39 is 8.07 Å². The molecule has 0 saturated carbocycles. The third-order valence-electron chi connectivity index (χ3n) is 4.29. The van der Waals surface area contributed by atoms with Crippen LogP contribution in [0.3, 0.4) is 0 Å². The molecule has 0 radical (unpaired) electrons. The van der Waals surface area contributed by atoms with Crippen LogP contribution in [0.4, 0.5) is 5.00 Å². The van der Waals surface area contributed by atoms with Gasteiger partial charge < -0.3 is 5.32 Å². The van der Waals surface area contributed by atoms with E-state index in [1.54, 1.807) is 21.7 Å². The average molecular weight is 291 g/mol. The molecule has 0 aromatic carbocycles. The van der Waals surface area contributed by atoms with E-state index in [1.807, 2.05) is 18.4 Å². The zero-order chi connectivity index (χ0) is 12.3. The van der Waals surface area contributed by atoms with Gasteiger partial charge in [-0.3, -0.25) is 4.79 Å². The monoisotopic (exact) mass is 291 g/mol. The highest BCUT2D eigenvalue weighted by Crippen LogP contribution is 2.47. The minimum absolute atomic E-state index is 0.906. The van der Waals surface area contributed by atoms with E-state index in [-0.39, 0.29) is 0 Å². The molecule has 18 heavy (non-hydrogen) atoms. The van der Waals surface area contributed by atoms with Crippen molar-refractivity contribution in [1.82, 2.24) is 0 Å². The molecule has 0 unspecified atom stereocenters. The molecule has 2 aliphatic rings. The summed E-state index contributed by atoms with van der Waals surface area (Å²) in [5, 5.41) is 7.74. The smallest absolute Gasteiger partial charge is 0.160 e. The van der Waals surface area contributed by atoms with Crippen molar-refractivity contribution in [1.29, 1.82) is 0 Å². The third-order valence-corrected chi connectivity index (χ3v) is 12.3. The first-order valence-corrected chi connectivity index (χ1v) is 10.2. The number of hydrogen-bond donors (Lipinski definition) is 1. The van der Waals surface area contributed by atoms with E-state index in [1.165, 1.54) is 33.3 Å². The molecule has 2 nitrogen and oxygen atoms in total. The highest BCUT2D eigenvalue weighted by atomic mass is 32.1. The minimum atomic E-state index is -1.39. The Kier molecular flexibility index (Phi) is 2.17. The van der Waals surface area contributed by atoms with Crippen molar-refractivity contribution in [2.24, 2.45) is 0 Å². The number of carbonyl (C=O) groups excluding carboxylic acids is 1. The molecule has 0 bridgehead atoms. The molecule has 2 aliphatic heterocycles. The Bertz CT molecular complexity index is 654. The second kappa shape index (κ2) is 3.56. The molecule has 92 valence electrons. The Morgan fingerprint density at radius 1 is 1.22 bits per heavy atom. The molecule has 4 heterocycles. The molecule has 0 atom stereocenters. The van der Waals surface area contributed by atoms with Crippen LogP contribution in [0.15, 0.2) is 12.1 Å². The van der Waals surface area contributed by atoms with Gasteiger partial charge in [0.2, 0.25) is 0 Å². The number of thiophene rings is 2. The summed E-state index contributed by atoms with van der Waals surface area (Å²) < 4.78 is 0. The van der Waals surface area contributed by atoms with Gasteiger partial charge in [-0.1, -0.05) is 6.42 Å². The lowest BCUT2D eigenvalue weighted by Crippen LogP contribution is -2.59. The highest BCUT2D eigenvalue weighted by molar-refractivity contribution is 7.31. The van der Waals surface area contributed by atoms with Gasteiger partial charge in [-0.2, -0.15) is 0 Å². The average Bonchev–Trinajstić information content (AvgIpc) is 2.94. The molecule has 2 aromatic heterocycles. The Morgan fingerprint density at radius 2 is 1.94 bits per heavy atom. The van der Waals surface area contributed by atoms with E-state index in [0.717, 1.165) is 11.2 Å². The molecule has 0 aliphatic carbocycles. The van der Waals surface area contributed by atoms with Crippen LogP contribution in [0.5, 0.6) is 0 Å². The first kappa shape index (κ1) is 11.0. The summed E-state index contributed by atoms with van der Waals surface area (Å²) >= 11 is 3.55. The maximum Gasteiger partial charge on any atom is 0.160 e. The molecule has 0 amide bonds. The third kappa shape index (κ3) is 1.15. The predicted octanol–water partition coefficient (Wildman–Crippen LogP) is 2.61. The van der Waals surface area contributed by atoms with Gasteiger partial charge in [0.25, 0.3) is 0 Å². The van der Waals surface area contributed by atoms with Crippen molar-refractivity contribution in [3.8, 4) is 9.75 Å². The van der Waals surface area contributed by atoms with Crippen LogP contribution < -0.4 is 15.7 Å². The Hall–Kier alpha value is -0.913. The van der Waals surface area contributed by atoms with Crippen LogP contribution in [0.25, 0.3) is 9.75 Å². The van der Waals surface area contributed by atoms with Crippen molar-refractivity contribution < 1.29 is 4.79 Å². The number of nitrogens with one attached hydrogen (secondary N) is 1. The van der Waals surface area contributed by atoms with Crippen LogP contribution in [-0.2, 0) is 0 Å². The number of aldehydes is 1. The number of anilines is 1. The minimum Gasteiger partial charge on any atom is -0.380 e. The second-order valence-corrected chi connectivity index (χ2v) is 11.4. The zero-order valence-electron chi connectivity index (χ0n) is 10.1. The van der Waals surface area contributed by atoms with E-state index in [4.69, 9.17) is 0 Å². The maximum absolute atomic E-state index is 11.0. The normalized spacial score (nSPS) is 18.3. The fourth-order valence-corrected chi connectivity index (χ4v) is 11.5. The fourth-order valence-electron chi connectivity index (χ4n) is 3.24. The quantitative estimate of drug-likeness (QED) is 0.681. The maximum atomic E-state index is 11.0. The van der Waals surface area contributed by atoms with Crippen molar-refractivity contribution >= 4 is 52.4 Å². The zero-order valence-corrected chi connectivity index (χ0v) is 12.7. The first-order valence-electron chi connectivity index (χ1n) is 6.20. The molecule has 1 fully saturated rings. The first-order chi connectivity index (χ1) is 8.78. The highest BCUT2D eigenvalue weighted by Gasteiger charge is 2.51. The van der Waals surface area contributed by atoms with Gasteiger partial charge in [-0.25, -0.2) is 0 Å². The standard InChI is InChI=1S/C13H13NOS2Si/c1-14-11-6-10-13(17-11)12-9(5-8(7-15)16-12)18(10)3-2-4-18/h5-7,14H,2-4H2,1H3. The van der Waals surface area contributed by atoms with E-state index in [2.05, 4.69) is 17.4 Å². The summed E-state index contributed by atoms with van der Waals surface area (Å²) in [4.78, 5) is 14.8. The number of carbonyl (C=O) groups is 1. The Morgan fingerprint density at radius 3 is 2.56 bits per heavy atom. The number of hydrogen-bond acceptors (Lipinski definition) is 4. The summed E-state index contributed by atoms with van der Waals surface area (Å²) in [6.07, 6.45) is 2.37. The van der Waals surface area contributed by atoms with E-state index in [9.17, 15) is 4.79 Å². The Labute approximate surface area is 115 Å². The van der Waals surface area contributed by atoms with Crippen molar-refractivity contribution in [2.75, 3.05) is 12.4 Å². The van der Waals surface area contributed by atoms with E-state index in [0.29, 0.717) is 0 Å². The van der Waals surface area contributed by atoms with Crippen molar-refractivity contribution in [3.63, 3.8) is 0 Å². The summed E-state index contributed by atoms with van der Waals surface area (Å²) in [6, 6.07) is 7.31. The number of fused-ring (bicyclic) bond motifs is 5. The fraction of sp³-hybridized carbons (Fsp3) is 0.308. The second-order valence-electron chi connectivity index (χ2n) is 5.05. The summed E-state index contributed by atoms with van der Waals surface area (Å²) in [5.74, 6) is 0. The summed E-state index contributed by atoms with van der Waals surface area (Å²) in [6.45, 7) is 0.